The topological polar surface area (TPSA) is 84.6 Å². The van der Waals surface area contributed by atoms with E-state index in [1.807, 2.05) is 5.38 Å². The van der Waals surface area contributed by atoms with Crippen LogP contribution in [0.25, 0.3) is 0 Å². The lowest BCUT2D eigenvalue weighted by molar-refractivity contribution is -0.143. The molecule has 1 aliphatic heterocycles. The number of hydrogen-bond donors (Lipinski definition) is 1. The van der Waals surface area contributed by atoms with E-state index in [9.17, 15) is 14.7 Å². The van der Waals surface area contributed by atoms with E-state index in [2.05, 4.69) is 6.07 Å². The first-order chi connectivity index (χ1) is 9.95. The lowest BCUT2D eigenvalue weighted by Crippen LogP contribution is -2.49. The van der Waals surface area contributed by atoms with Gasteiger partial charge in [0.1, 0.15) is 0 Å². The van der Waals surface area contributed by atoms with Crippen molar-refractivity contribution in [2.45, 2.75) is 19.4 Å². The predicted molar refractivity (Wildman–Crippen MR) is 77.9 cm³/mol. The molecule has 0 radical (unpaired) electrons. The molecule has 0 saturated carbocycles. The molecule has 1 aliphatic rings. The standard InChI is InChI=1S/C14H17N3O3S/c1-9(7-15)8-16(2)14(20)17-5-3-11-10(4-6-21-11)12(17)13(18)19/h4,6,9,12H,3,5,8H2,1-2H3,(H,18,19). The van der Waals surface area contributed by atoms with Crippen molar-refractivity contribution >= 4 is 23.3 Å². The monoisotopic (exact) mass is 307 g/mol. The molecule has 1 aromatic heterocycles. The summed E-state index contributed by atoms with van der Waals surface area (Å²) < 4.78 is 0. The first-order valence-corrected chi connectivity index (χ1v) is 7.54. The van der Waals surface area contributed by atoms with Crippen LogP contribution in [-0.4, -0.2) is 47.0 Å². The molecule has 2 rings (SSSR count). The van der Waals surface area contributed by atoms with Crippen molar-refractivity contribution in [2.24, 2.45) is 5.92 Å². The number of thiophene rings is 1. The van der Waals surface area contributed by atoms with Gasteiger partial charge in [-0.1, -0.05) is 0 Å². The van der Waals surface area contributed by atoms with Gasteiger partial charge in [-0.25, -0.2) is 9.59 Å². The molecule has 112 valence electrons. The molecule has 2 atom stereocenters. The van der Waals surface area contributed by atoms with Crippen LogP contribution in [0.4, 0.5) is 4.79 Å². The Hall–Kier alpha value is -2.07. The summed E-state index contributed by atoms with van der Waals surface area (Å²) in [7, 11) is 1.60. The second kappa shape index (κ2) is 6.14. The van der Waals surface area contributed by atoms with Crippen molar-refractivity contribution in [2.75, 3.05) is 20.1 Å². The molecule has 2 heterocycles. The maximum absolute atomic E-state index is 12.5. The molecule has 0 spiro atoms. The van der Waals surface area contributed by atoms with E-state index >= 15 is 0 Å². The molecule has 6 nitrogen and oxygen atoms in total. The van der Waals surface area contributed by atoms with E-state index in [-0.39, 0.29) is 18.5 Å². The number of carbonyl (C=O) groups is 2. The molecule has 21 heavy (non-hydrogen) atoms. The molecule has 0 fully saturated rings. The van der Waals surface area contributed by atoms with Gasteiger partial charge in [0.15, 0.2) is 6.04 Å². The first-order valence-electron chi connectivity index (χ1n) is 6.66. The molecule has 1 aromatic rings. The Bertz CT molecular complexity index is 593. The summed E-state index contributed by atoms with van der Waals surface area (Å²) in [5.74, 6) is -1.31. The van der Waals surface area contributed by atoms with Gasteiger partial charge in [-0.15, -0.1) is 11.3 Å². The van der Waals surface area contributed by atoms with Gasteiger partial charge in [-0.05, 0) is 30.4 Å². The highest BCUT2D eigenvalue weighted by molar-refractivity contribution is 7.10. The zero-order chi connectivity index (χ0) is 15.6. The van der Waals surface area contributed by atoms with Crippen molar-refractivity contribution < 1.29 is 14.7 Å². The molecule has 7 heteroatoms. The molecule has 0 saturated heterocycles. The van der Waals surface area contributed by atoms with Crippen molar-refractivity contribution in [3.63, 3.8) is 0 Å². The number of carbonyl (C=O) groups excluding carboxylic acids is 1. The Labute approximate surface area is 127 Å². The maximum Gasteiger partial charge on any atom is 0.331 e. The number of aliphatic carboxylic acids is 1. The fourth-order valence-corrected chi connectivity index (χ4v) is 3.44. The van der Waals surface area contributed by atoms with Crippen LogP contribution in [0.5, 0.6) is 0 Å². The van der Waals surface area contributed by atoms with Gasteiger partial charge >= 0.3 is 12.0 Å². The minimum absolute atomic E-state index is 0.286. The number of nitriles is 1. The largest absolute Gasteiger partial charge is 0.479 e. The third-order valence-electron chi connectivity index (χ3n) is 3.54. The van der Waals surface area contributed by atoms with Crippen LogP contribution in [-0.2, 0) is 11.2 Å². The first kappa shape index (κ1) is 15.3. The Morgan fingerprint density at radius 3 is 3.00 bits per heavy atom. The van der Waals surface area contributed by atoms with E-state index < -0.39 is 12.0 Å². The van der Waals surface area contributed by atoms with Crippen molar-refractivity contribution in [1.82, 2.24) is 9.80 Å². The van der Waals surface area contributed by atoms with Crippen molar-refractivity contribution in [1.29, 1.82) is 5.26 Å². The zero-order valence-electron chi connectivity index (χ0n) is 11.9. The minimum Gasteiger partial charge on any atom is -0.479 e. The predicted octanol–water partition coefficient (Wildman–Crippen LogP) is 1.94. The van der Waals surface area contributed by atoms with Gasteiger partial charge in [0.2, 0.25) is 0 Å². The lowest BCUT2D eigenvalue weighted by Gasteiger charge is -2.36. The van der Waals surface area contributed by atoms with Gasteiger partial charge in [-0.2, -0.15) is 5.26 Å². The highest BCUT2D eigenvalue weighted by Gasteiger charge is 2.37. The number of amides is 2. The molecule has 2 amide bonds. The molecular formula is C14H17N3O3S. The van der Waals surface area contributed by atoms with E-state index in [0.29, 0.717) is 18.5 Å². The molecule has 0 aromatic carbocycles. The van der Waals surface area contributed by atoms with Gasteiger partial charge < -0.3 is 14.9 Å². The molecular weight excluding hydrogens is 290 g/mol. The average Bonchev–Trinajstić information content (AvgIpc) is 2.92. The van der Waals surface area contributed by atoms with Gasteiger partial charge in [0.05, 0.1) is 12.0 Å². The number of hydrogen-bond acceptors (Lipinski definition) is 4. The third-order valence-corrected chi connectivity index (χ3v) is 4.54. The van der Waals surface area contributed by atoms with Crippen LogP contribution >= 0.6 is 11.3 Å². The number of nitrogens with zero attached hydrogens (tertiary/aromatic N) is 3. The minimum atomic E-state index is -1.02. The van der Waals surface area contributed by atoms with Crippen molar-refractivity contribution in [3.05, 3.63) is 21.9 Å². The highest BCUT2D eigenvalue weighted by atomic mass is 32.1. The van der Waals surface area contributed by atoms with E-state index in [1.54, 1.807) is 20.0 Å². The lowest BCUT2D eigenvalue weighted by atomic mass is 10.0. The molecule has 2 unspecified atom stereocenters. The Balaban J connectivity index is 2.21. The summed E-state index contributed by atoms with van der Waals surface area (Å²) in [6.07, 6.45) is 0.671. The van der Waals surface area contributed by atoms with Crippen molar-refractivity contribution in [3.8, 4) is 6.07 Å². The summed E-state index contributed by atoms with van der Waals surface area (Å²) in [5, 5.41) is 20.2. The smallest absolute Gasteiger partial charge is 0.331 e. The quantitative estimate of drug-likeness (QED) is 0.925. The molecule has 0 bridgehead atoms. The van der Waals surface area contributed by atoms with E-state index in [1.165, 1.54) is 21.1 Å². The normalized spacial score (nSPS) is 18.5. The number of carboxylic acids is 1. The number of fused-ring (bicyclic) bond motifs is 1. The Kier molecular flexibility index (Phi) is 4.48. The fraction of sp³-hybridized carbons (Fsp3) is 0.500. The van der Waals surface area contributed by atoms with Crippen LogP contribution in [0.1, 0.15) is 23.4 Å². The SMILES string of the molecule is CC(C#N)CN(C)C(=O)N1CCc2sccc2C1C(=O)O. The zero-order valence-corrected chi connectivity index (χ0v) is 12.8. The van der Waals surface area contributed by atoms with Crippen LogP contribution in [0, 0.1) is 17.2 Å². The van der Waals surface area contributed by atoms with Crippen LogP contribution in [0.2, 0.25) is 0 Å². The summed E-state index contributed by atoms with van der Waals surface area (Å²) in [6.45, 7) is 2.40. The summed E-state index contributed by atoms with van der Waals surface area (Å²) in [6, 6.07) is 2.56. The second-order valence-corrected chi connectivity index (χ2v) is 6.18. The summed E-state index contributed by atoms with van der Waals surface area (Å²) in [5.41, 5.74) is 0.703. The van der Waals surface area contributed by atoms with E-state index in [0.717, 1.165) is 4.88 Å². The Morgan fingerprint density at radius 1 is 1.67 bits per heavy atom. The van der Waals surface area contributed by atoms with Crippen LogP contribution < -0.4 is 0 Å². The average molecular weight is 307 g/mol. The number of carboxylic acid groups (broad SMARTS) is 1. The number of rotatable bonds is 3. The van der Waals surface area contributed by atoms with Gasteiger partial charge in [0, 0.05) is 25.0 Å². The Morgan fingerprint density at radius 2 is 2.38 bits per heavy atom. The molecule has 0 aliphatic carbocycles. The highest BCUT2D eigenvalue weighted by Crippen LogP contribution is 2.34. The maximum atomic E-state index is 12.5. The number of urea groups is 1. The van der Waals surface area contributed by atoms with Crippen LogP contribution in [0.15, 0.2) is 11.4 Å². The van der Waals surface area contributed by atoms with Crippen LogP contribution in [0.3, 0.4) is 0 Å². The molecule has 1 N–H and O–H groups in total. The van der Waals surface area contributed by atoms with Gasteiger partial charge in [0.25, 0.3) is 0 Å². The third kappa shape index (κ3) is 3.00. The summed E-state index contributed by atoms with van der Waals surface area (Å²) in [4.78, 5) is 27.9. The summed E-state index contributed by atoms with van der Waals surface area (Å²) >= 11 is 1.52. The fourth-order valence-electron chi connectivity index (χ4n) is 2.54. The van der Waals surface area contributed by atoms with Gasteiger partial charge in [-0.3, -0.25) is 0 Å². The van der Waals surface area contributed by atoms with E-state index in [4.69, 9.17) is 5.26 Å². The second-order valence-electron chi connectivity index (χ2n) is 5.18.